The highest BCUT2D eigenvalue weighted by atomic mass is 32.2. The fourth-order valence-corrected chi connectivity index (χ4v) is 1.14. The predicted molar refractivity (Wildman–Crippen MR) is 56.0 cm³/mol. The highest BCUT2D eigenvalue weighted by molar-refractivity contribution is 8.04. The van der Waals surface area contributed by atoms with Crippen LogP contribution < -0.4 is 0 Å². The van der Waals surface area contributed by atoms with Gasteiger partial charge in [-0.25, -0.2) is 0 Å². The average molecular weight is 176 g/mol. The van der Waals surface area contributed by atoms with E-state index in [-0.39, 0.29) is 0 Å². The van der Waals surface area contributed by atoms with E-state index in [1.54, 1.807) is 11.8 Å². The van der Waals surface area contributed by atoms with Crippen molar-refractivity contribution >= 4 is 11.8 Å². The lowest BCUT2D eigenvalue weighted by Crippen LogP contribution is -1.80. The molecule has 0 aliphatic heterocycles. The number of rotatable bonds is 1. The van der Waals surface area contributed by atoms with Gasteiger partial charge in [-0.2, -0.15) is 0 Å². The van der Waals surface area contributed by atoms with Crippen LogP contribution in [0.3, 0.4) is 0 Å². The average Bonchev–Trinajstić information content (AvgIpc) is 2.05. The van der Waals surface area contributed by atoms with Gasteiger partial charge in [0.25, 0.3) is 0 Å². The van der Waals surface area contributed by atoms with Crippen molar-refractivity contribution in [2.75, 3.05) is 0 Å². The fraction of sp³-hybridized carbons (Fsp3) is 0.273. The van der Waals surface area contributed by atoms with Gasteiger partial charge < -0.3 is 0 Å². The third-order valence-electron chi connectivity index (χ3n) is 1.26. The number of benzene rings is 1. The molecule has 0 atom stereocenters. The standard InChI is InChI=1S/C11H12S/c1-10(2)12-9-8-11-6-4-3-5-7-11/h3-7,10H,1-2H3. The highest BCUT2D eigenvalue weighted by Crippen LogP contribution is 2.06. The highest BCUT2D eigenvalue weighted by Gasteiger charge is 1.87. The summed E-state index contributed by atoms with van der Waals surface area (Å²) in [6, 6.07) is 10.1. The Balaban J connectivity index is 2.55. The molecule has 0 spiro atoms. The summed E-state index contributed by atoms with van der Waals surface area (Å²) < 4.78 is 0. The van der Waals surface area contributed by atoms with Crippen molar-refractivity contribution in [3.8, 4) is 11.2 Å². The zero-order valence-corrected chi connectivity index (χ0v) is 8.19. The summed E-state index contributed by atoms with van der Waals surface area (Å²) in [6.45, 7) is 4.29. The van der Waals surface area contributed by atoms with Gasteiger partial charge in [-0.05, 0) is 17.4 Å². The third-order valence-corrected chi connectivity index (χ3v) is 1.96. The second kappa shape index (κ2) is 4.90. The van der Waals surface area contributed by atoms with Crippen molar-refractivity contribution in [1.29, 1.82) is 0 Å². The van der Waals surface area contributed by atoms with E-state index >= 15 is 0 Å². The molecule has 0 N–H and O–H groups in total. The van der Waals surface area contributed by atoms with Crippen LogP contribution >= 0.6 is 11.8 Å². The summed E-state index contributed by atoms with van der Waals surface area (Å²) >= 11 is 1.66. The number of thioether (sulfide) groups is 1. The van der Waals surface area contributed by atoms with Crippen LogP contribution in [0.4, 0.5) is 0 Å². The Morgan fingerprint density at radius 3 is 2.42 bits per heavy atom. The van der Waals surface area contributed by atoms with Gasteiger partial charge in [-0.3, -0.25) is 0 Å². The Morgan fingerprint density at radius 1 is 1.17 bits per heavy atom. The number of hydrogen-bond acceptors (Lipinski definition) is 1. The first-order valence-corrected chi connectivity index (χ1v) is 4.88. The second-order valence-corrected chi connectivity index (χ2v) is 4.14. The molecule has 0 fully saturated rings. The topological polar surface area (TPSA) is 0 Å². The molecule has 12 heavy (non-hydrogen) atoms. The van der Waals surface area contributed by atoms with Crippen LogP contribution in [0, 0.1) is 11.2 Å². The molecule has 0 saturated carbocycles. The minimum Gasteiger partial charge on any atom is -0.0719 e. The lowest BCUT2D eigenvalue weighted by Gasteiger charge is -1.92. The quantitative estimate of drug-likeness (QED) is 0.592. The van der Waals surface area contributed by atoms with Crippen LogP contribution in [-0.4, -0.2) is 5.25 Å². The Bertz CT molecular complexity index is 277. The largest absolute Gasteiger partial charge is 0.0719 e. The molecule has 0 amide bonds. The maximum Gasteiger partial charge on any atom is 0.0254 e. The van der Waals surface area contributed by atoms with Gasteiger partial charge in [-0.1, -0.05) is 49.7 Å². The van der Waals surface area contributed by atoms with E-state index in [1.165, 1.54) is 0 Å². The van der Waals surface area contributed by atoms with Gasteiger partial charge in [-0.15, -0.1) is 0 Å². The zero-order chi connectivity index (χ0) is 8.81. The van der Waals surface area contributed by atoms with Crippen molar-refractivity contribution in [2.24, 2.45) is 0 Å². The number of hydrogen-bond donors (Lipinski definition) is 0. The summed E-state index contributed by atoms with van der Waals surface area (Å²) in [4.78, 5) is 0. The van der Waals surface area contributed by atoms with Gasteiger partial charge in [0.2, 0.25) is 0 Å². The maximum atomic E-state index is 3.09. The molecular formula is C11H12S. The molecule has 0 bridgehead atoms. The fourth-order valence-electron chi connectivity index (χ4n) is 0.728. The maximum absolute atomic E-state index is 3.09. The van der Waals surface area contributed by atoms with E-state index in [2.05, 4.69) is 25.0 Å². The van der Waals surface area contributed by atoms with Crippen molar-refractivity contribution in [3.05, 3.63) is 35.9 Å². The van der Waals surface area contributed by atoms with Crippen LogP contribution in [0.5, 0.6) is 0 Å². The molecule has 1 heteroatoms. The zero-order valence-electron chi connectivity index (χ0n) is 7.37. The summed E-state index contributed by atoms with van der Waals surface area (Å²) in [5, 5.41) is 3.65. The van der Waals surface area contributed by atoms with Crippen LogP contribution in [0.25, 0.3) is 0 Å². The lowest BCUT2D eigenvalue weighted by molar-refractivity contribution is 1.12. The summed E-state index contributed by atoms with van der Waals surface area (Å²) in [7, 11) is 0. The minimum atomic E-state index is 0.584. The molecule has 0 nitrogen and oxygen atoms in total. The monoisotopic (exact) mass is 176 g/mol. The van der Waals surface area contributed by atoms with Gasteiger partial charge in [0.15, 0.2) is 0 Å². The van der Waals surface area contributed by atoms with Gasteiger partial charge in [0, 0.05) is 10.8 Å². The van der Waals surface area contributed by atoms with E-state index in [0.717, 1.165) is 5.56 Å². The Labute approximate surface area is 78.4 Å². The van der Waals surface area contributed by atoms with E-state index < -0.39 is 0 Å². The van der Waals surface area contributed by atoms with Crippen molar-refractivity contribution in [1.82, 2.24) is 0 Å². The molecule has 1 rings (SSSR count). The van der Waals surface area contributed by atoms with E-state index in [9.17, 15) is 0 Å². The first-order chi connectivity index (χ1) is 5.79. The van der Waals surface area contributed by atoms with E-state index in [1.807, 2.05) is 30.3 Å². The van der Waals surface area contributed by atoms with Crippen LogP contribution in [0.1, 0.15) is 19.4 Å². The molecule has 0 unspecified atom stereocenters. The Morgan fingerprint density at radius 2 is 1.83 bits per heavy atom. The molecule has 0 saturated heterocycles. The molecule has 0 aliphatic carbocycles. The lowest BCUT2D eigenvalue weighted by atomic mass is 10.2. The van der Waals surface area contributed by atoms with Crippen LogP contribution in [0.2, 0.25) is 0 Å². The molecule has 1 aromatic rings. The molecule has 0 aromatic heterocycles. The summed E-state index contributed by atoms with van der Waals surface area (Å²) in [5.41, 5.74) is 1.09. The molecular weight excluding hydrogens is 164 g/mol. The van der Waals surface area contributed by atoms with E-state index in [4.69, 9.17) is 0 Å². The van der Waals surface area contributed by atoms with Crippen molar-refractivity contribution in [2.45, 2.75) is 19.1 Å². The molecule has 62 valence electrons. The molecule has 1 aromatic carbocycles. The molecule has 0 heterocycles. The minimum absolute atomic E-state index is 0.584. The van der Waals surface area contributed by atoms with Crippen molar-refractivity contribution in [3.63, 3.8) is 0 Å². The molecule has 0 aliphatic rings. The normalized spacial score (nSPS) is 9.25. The van der Waals surface area contributed by atoms with Crippen LogP contribution in [0.15, 0.2) is 30.3 Å². The second-order valence-electron chi connectivity index (χ2n) is 2.76. The van der Waals surface area contributed by atoms with Gasteiger partial charge >= 0.3 is 0 Å². The summed E-state index contributed by atoms with van der Waals surface area (Å²) in [6.07, 6.45) is 0. The Kier molecular flexibility index (Phi) is 3.76. The smallest absolute Gasteiger partial charge is 0.0254 e. The van der Waals surface area contributed by atoms with Crippen molar-refractivity contribution < 1.29 is 0 Å². The van der Waals surface area contributed by atoms with Gasteiger partial charge in [0.05, 0.1) is 0 Å². The Hall–Kier alpha value is -0.870. The van der Waals surface area contributed by atoms with Crippen LogP contribution in [-0.2, 0) is 0 Å². The SMILES string of the molecule is CC(C)SC#Cc1ccccc1. The van der Waals surface area contributed by atoms with E-state index in [0.29, 0.717) is 5.25 Å². The summed E-state index contributed by atoms with van der Waals surface area (Å²) in [5.74, 6) is 3.09. The third kappa shape index (κ3) is 3.50. The predicted octanol–water partition coefficient (Wildman–Crippen LogP) is 3.14. The van der Waals surface area contributed by atoms with Gasteiger partial charge in [0.1, 0.15) is 0 Å². The molecule has 0 radical (unpaired) electrons. The first kappa shape index (κ1) is 9.22. The first-order valence-electron chi connectivity index (χ1n) is 4.01.